The molecule has 0 saturated carbocycles. The molecular weight excluding hydrogens is 358 g/mol. The van der Waals surface area contributed by atoms with Crippen molar-refractivity contribution in [2.45, 2.75) is 12.1 Å². The quantitative estimate of drug-likeness (QED) is 0.574. The lowest BCUT2D eigenvalue weighted by Gasteiger charge is -2.26. The Labute approximate surface area is 170 Å². The number of hydroxylamine groups is 1. The molecule has 3 nitrogen and oxygen atoms in total. The summed E-state index contributed by atoms with van der Waals surface area (Å²) >= 11 is 0. The maximum atomic E-state index is 13.6. The molecule has 0 N–H and O–H groups in total. The Balaban J connectivity index is 1.57. The van der Waals surface area contributed by atoms with Crippen molar-refractivity contribution in [1.29, 1.82) is 0 Å². The van der Waals surface area contributed by atoms with Gasteiger partial charge in [-0.2, -0.15) is 0 Å². The lowest BCUT2D eigenvalue weighted by molar-refractivity contribution is 0.0885. The van der Waals surface area contributed by atoms with E-state index < -0.39 is 6.04 Å². The zero-order valence-corrected chi connectivity index (χ0v) is 15.9. The maximum absolute atomic E-state index is 13.6. The van der Waals surface area contributed by atoms with Gasteiger partial charge in [-0.25, -0.2) is 5.06 Å². The number of carbonyl (C=O) groups excluding carboxylic acids is 1. The van der Waals surface area contributed by atoms with Crippen LogP contribution < -0.4 is 5.06 Å². The molecule has 2 aliphatic rings. The number of Topliss-reactive ketones (excluding diaryl/α,β-unsaturated/α-hetero) is 1. The Morgan fingerprint density at radius 3 is 2.14 bits per heavy atom. The highest BCUT2D eigenvalue weighted by molar-refractivity contribution is 6.03. The van der Waals surface area contributed by atoms with Crippen LogP contribution in [0.1, 0.15) is 15.9 Å². The Hall–Kier alpha value is -3.43. The van der Waals surface area contributed by atoms with Crippen LogP contribution in [0.2, 0.25) is 0 Å². The van der Waals surface area contributed by atoms with Gasteiger partial charge in [-0.1, -0.05) is 97.1 Å². The van der Waals surface area contributed by atoms with Gasteiger partial charge in [0.25, 0.3) is 0 Å². The lowest BCUT2D eigenvalue weighted by Crippen LogP contribution is -2.40. The summed E-state index contributed by atoms with van der Waals surface area (Å²) in [5.41, 5.74) is 3.84. The SMILES string of the molecule is O=C(c1ccccc1)[C@@H]1[C@H]2/C(=C\c3ccccc3)C=C[C@H]2ON1c1ccccc1. The molecule has 0 radical (unpaired) electrons. The van der Waals surface area contributed by atoms with Crippen molar-refractivity contribution < 1.29 is 9.63 Å². The van der Waals surface area contributed by atoms with Crippen LogP contribution in [0, 0.1) is 5.92 Å². The minimum Gasteiger partial charge on any atom is -0.292 e. The van der Waals surface area contributed by atoms with Gasteiger partial charge in [0.1, 0.15) is 12.1 Å². The largest absolute Gasteiger partial charge is 0.292 e. The predicted molar refractivity (Wildman–Crippen MR) is 115 cm³/mol. The smallest absolute Gasteiger partial charge is 0.188 e. The molecule has 0 unspecified atom stereocenters. The molecule has 29 heavy (non-hydrogen) atoms. The molecule has 0 spiro atoms. The predicted octanol–water partition coefficient (Wildman–Crippen LogP) is 5.33. The Bertz CT molecular complexity index is 1060. The number of hydrogen-bond acceptors (Lipinski definition) is 3. The van der Waals surface area contributed by atoms with Crippen LogP contribution in [0.15, 0.2) is 109 Å². The average molecular weight is 379 g/mol. The van der Waals surface area contributed by atoms with E-state index in [1.807, 2.05) is 78.9 Å². The van der Waals surface area contributed by atoms with Crippen molar-refractivity contribution >= 4 is 17.5 Å². The number of carbonyl (C=O) groups is 1. The fourth-order valence-corrected chi connectivity index (χ4v) is 4.16. The summed E-state index contributed by atoms with van der Waals surface area (Å²) < 4.78 is 0. The fourth-order valence-electron chi connectivity index (χ4n) is 4.16. The van der Waals surface area contributed by atoms with Crippen LogP contribution in [0.4, 0.5) is 5.69 Å². The first-order valence-corrected chi connectivity index (χ1v) is 9.86. The van der Waals surface area contributed by atoms with Crippen molar-refractivity contribution in [1.82, 2.24) is 0 Å². The monoisotopic (exact) mass is 379 g/mol. The zero-order chi connectivity index (χ0) is 19.6. The van der Waals surface area contributed by atoms with Crippen molar-refractivity contribution in [2.75, 3.05) is 5.06 Å². The van der Waals surface area contributed by atoms with E-state index in [9.17, 15) is 4.79 Å². The normalized spacial score (nSPS) is 24.1. The number of fused-ring (bicyclic) bond motifs is 1. The summed E-state index contributed by atoms with van der Waals surface area (Å²) in [6, 6.07) is 29.1. The van der Waals surface area contributed by atoms with E-state index in [2.05, 4.69) is 30.4 Å². The van der Waals surface area contributed by atoms with Gasteiger partial charge in [-0.15, -0.1) is 0 Å². The molecule has 3 aromatic rings. The maximum Gasteiger partial charge on any atom is 0.188 e. The first-order valence-electron chi connectivity index (χ1n) is 9.86. The zero-order valence-electron chi connectivity index (χ0n) is 15.9. The molecule has 5 rings (SSSR count). The molecule has 1 saturated heterocycles. The highest BCUT2D eigenvalue weighted by Gasteiger charge is 2.50. The summed E-state index contributed by atoms with van der Waals surface area (Å²) in [4.78, 5) is 19.9. The molecule has 0 amide bonds. The van der Waals surface area contributed by atoms with Gasteiger partial charge < -0.3 is 0 Å². The Morgan fingerprint density at radius 2 is 1.45 bits per heavy atom. The second kappa shape index (κ2) is 7.53. The van der Waals surface area contributed by atoms with Crippen LogP contribution in [0.5, 0.6) is 0 Å². The number of ketones is 1. The summed E-state index contributed by atoms with van der Waals surface area (Å²) in [5, 5.41) is 1.80. The van der Waals surface area contributed by atoms with Gasteiger partial charge in [0.2, 0.25) is 0 Å². The average Bonchev–Trinajstić information content (AvgIpc) is 3.35. The highest BCUT2D eigenvalue weighted by Crippen LogP contribution is 2.43. The molecule has 1 aliphatic heterocycles. The van der Waals surface area contributed by atoms with E-state index in [-0.39, 0.29) is 17.8 Å². The molecular formula is C26H21NO2. The molecule has 142 valence electrons. The van der Waals surface area contributed by atoms with Crippen LogP contribution in [0.3, 0.4) is 0 Å². The van der Waals surface area contributed by atoms with Gasteiger partial charge in [0, 0.05) is 11.5 Å². The molecule has 1 heterocycles. The van der Waals surface area contributed by atoms with Gasteiger partial charge in [-0.05, 0) is 23.3 Å². The first-order chi connectivity index (χ1) is 14.3. The number of para-hydroxylation sites is 1. The van der Waals surface area contributed by atoms with Crippen molar-refractivity contribution in [3.05, 3.63) is 120 Å². The molecule has 1 aliphatic carbocycles. The van der Waals surface area contributed by atoms with Crippen molar-refractivity contribution in [3.8, 4) is 0 Å². The number of rotatable bonds is 4. The summed E-state index contributed by atoms with van der Waals surface area (Å²) in [6.07, 6.45) is 6.16. The minimum atomic E-state index is -0.422. The summed E-state index contributed by atoms with van der Waals surface area (Å²) in [7, 11) is 0. The number of benzene rings is 3. The third-order valence-electron chi connectivity index (χ3n) is 5.52. The number of anilines is 1. The van der Waals surface area contributed by atoms with Crippen LogP contribution in [0.25, 0.3) is 6.08 Å². The van der Waals surface area contributed by atoms with Gasteiger partial charge >= 0.3 is 0 Å². The second-order valence-electron chi connectivity index (χ2n) is 7.35. The van der Waals surface area contributed by atoms with E-state index >= 15 is 0 Å². The summed E-state index contributed by atoms with van der Waals surface area (Å²) in [5.74, 6) is 0.0210. The molecule has 0 aromatic heterocycles. The third-order valence-corrected chi connectivity index (χ3v) is 5.52. The molecule has 1 fully saturated rings. The molecule has 3 heteroatoms. The number of hydrogen-bond donors (Lipinski definition) is 0. The standard InChI is InChI=1S/C26H21NO2/c28-26(20-12-6-2-7-13-20)25-24-21(18-19-10-4-1-5-11-19)16-17-23(24)29-27(25)22-14-8-3-9-15-22/h1-18,23-25H/b21-18-/t23-,24+,25+/m1/s1. The van der Waals surface area contributed by atoms with Gasteiger partial charge in [0.05, 0.1) is 5.69 Å². The van der Waals surface area contributed by atoms with E-state index in [1.54, 1.807) is 5.06 Å². The van der Waals surface area contributed by atoms with Crippen molar-refractivity contribution in [3.63, 3.8) is 0 Å². The van der Waals surface area contributed by atoms with Crippen LogP contribution in [-0.2, 0) is 4.84 Å². The Kier molecular flexibility index (Phi) is 4.59. The third kappa shape index (κ3) is 3.30. The first kappa shape index (κ1) is 17.7. The second-order valence-corrected chi connectivity index (χ2v) is 7.35. The van der Waals surface area contributed by atoms with Crippen molar-refractivity contribution in [2.24, 2.45) is 5.92 Å². The van der Waals surface area contributed by atoms with Gasteiger partial charge in [0.15, 0.2) is 5.78 Å². The van der Waals surface area contributed by atoms with E-state index in [4.69, 9.17) is 4.84 Å². The fraction of sp³-hybridized carbons (Fsp3) is 0.115. The van der Waals surface area contributed by atoms with Crippen LogP contribution in [-0.4, -0.2) is 17.9 Å². The number of nitrogens with zero attached hydrogens (tertiary/aromatic N) is 1. The summed E-state index contributed by atoms with van der Waals surface area (Å²) in [6.45, 7) is 0. The van der Waals surface area contributed by atoms with Crippen LogP contribution >= 0.6 is 0 Å². The minimum absolute atomic E-state index is 0.0527. The Morgan fingerprint density at radius 1 is 0.828 bits per heavy atom. The van der Waals surface area contributed by atoms with Gasteiger partial charge in [-0.3, -0.25) is 9.63 Å². The molecule has 3 atom stereocenters. The number of allylic oxidation sites excluding steroid dienone is 1. The van der Waals surface area contributed by atoms with E-state index in [1.165, 1.54) is 0 Å². The topological polar surface area (TPSA) is 29.5 Å². The molecule has 3 aromatic carbocycles. The lowest BCUT2D eigenvalue weighted by atomic mass is 9.86. The molecule has 0 bridgehead atoms. The van der Waals surface area contributed by atoms with E-state index in [0.717, 1.165) is 16.8 Å². The van der Waals surface area contributed by atoms with E-state index in [0.29, 0.717) is 5.56 Å². The highest BCUT2D eigenvalue weighted by atomic mass is 16.7.